The maximum Gasteiger partial charge on any atom is 0.330 e. The predicted octanol–water partition coefficient (Wildman–Crippen LogP) is 3.97. The molecule has 1 aliphatic rings. The molecule has 1 aromatic carbocycles. The molecule has 0 aliphatic heterocycles. The second-order valence-electron chi connectivity index (χ2n) is 6.31. The number of amides is 1. The van der Waals surface area contributed by atoms with Gasteiger partial charge in [-0.25, -0.2) is 4.79 Å². The van der Waals surface area contributed by atoms with Crippen LogP contribution in [0.4, 0.5) is 5.69 Å². The van der Waals surface area contributed by atoms with E-state index < -0.39 is 0 Å². The molecule has 0 saturated heterocycles. The van der Waals surface area contributed by atoms with Gasteiger partial charge in [-0.1, -0.05) is 37.1 Å². The highest BCUT2D eigenvalue weighted by molar-refractivity contribution is 5.92. The van der Waals surface area contributed by atoms with Crippen molar-refractivity contribution < 1.29 is 14.3 Å². The van der Waals surface area contributed by atoms with Crippen molar-refractivity contribution in [2.24, 2.45) is 11.8 Å². The van der Waals surface area contributed by atoms with Gasteiger partial charge in [0.15, 0.2) is 0 Å². The average molecular weight is 329 g/mol. The molecule has 0 aromatic heterocycles. The Kier molecular flexibility index (Phi) is 7.04. The second kappa shape index (κ2) is 9.26. The topological polar surface area (TPSA) is 46.6 Å². The third-order valence-corrected chi connectivity index (χ3v) is 4.69. The number of carbonyl (C=O) groups is 2. The Balaban J connectivity index is 1.97. The summed E-state index contributed by atoms with van der Waals surface area (Å²) in [7, 11) is 1.82. The van der Waals surface area contributed by atoms with E-state index in [2.05, 4.69) is 0 Å². The van der Waals surface area contributed by atoms with Gasteiger partial charge in [-0.15, -0.1) is 0 Å². The Labute approximate surface area is 144 Å². The van der Waals surface area contributed by atoms with E-state index in [1.54, 1.807) is 11.8 Å². The van der Waals surface area contributed by atoms with Crippen LogP contribution in [0.1, 0.15) is 39.0 Å². The first kappa shape index (κ1) is 18.2. The minimum absolute atomic E-state index is 0.127. The third kappa shape index (κ3) is 5.22. The van der Waals surface area contributed by atoms with Crippen molar-refractivity contribution in [3.8, 4) is 0 Å². The van der Waals surface area contributed by atoms with Gasteiger partial charge in [0.1, 0.15) is 0 Å². The maximum atomic E-state index is 12.6. The summed E-state index contributed by atoms with van der Waals surface area (Å²) in [5.41, 5.74) is 0.914. The van der Waals surface area contributed by atoms with Crippen LogP contribution in [0.25, 0.3) is 0 Å². The molecule has 0 radical (unpaired) electrons. The maximum absolute atomic E-state index is 12.6. The number of para-hydroxylation sites is 1. The predicted molar refractivity (Wildman–Crippen MR) is 95.7 cm³/mol. The Morgan fingerprint density at radius 1 is 1.21 bits per heavy atom. The van der Waals surface area contributed by atoms with Crippen molar-refractivity contribution in [2.45, 2.75) is 39.0 Å². The summed E-state index contributed by atoms with van der Waals surface area (Å²) in [5, 5.41) is 0. The molecular formula is C20H27NO3. The van der Waals surface area contributed by atoms with Crippen LogP contribution in [0.15, 0.2) is 42.5 Å². The minimum Gasteiger partial charge on any atom is -0.463 e. The van der Waals surface area contributed by atoms with Crippen molar-refractivity contribution >= 4 is 17.6 Å². The SMILES string of the molecule is CCOC(=O)/C=C/[C@@H]1CCCC[C@@H]1CC(=O)N(C)c1ccccc1. The highest BCUT2D eigenvalue weighted by Gasteiger charge is 2.27. The first-order valence-electron chi connectivity index (χ1n) is 8.78. The molecule has 0 spiro atoms. The van der Waals surface area contributed by atoms with E-state index in [0.717, 1.165) is 31.4 Å². The largest absolute Gasteiger partial charge is 0.463 e. The molecule has 0 N–H and O–H groups in total. The molecule has 1 saturated carbocycles. The molecule has 1 fully saturated rings. The van der Waals surface area contributed by atoms with Crippen LogP contribution >= 0.6 is 0 Å². The lowest BCUT2D eigenvalue weighted by Gasteiger charge is -2.30. The summed E-state index contributed by atoms with van der Waals surface area (Å²) in [4.78, 5) is 25.9. The number of carbonyl (C=O) groups excluding carboxylic acids is 2. The fraction of sp³-hybridized carbons (Fsp3) is 0.500. The fourth-order valence-electron chi connectivity index (χ4n) is 3.29. The number of benzene rings is 1. The lowest BCUT2D eigenvalue weighted by molar-refractivity contribution is -0.137. The summed E-state index contributed by atoms with van der Waals surface area (Å²) >= 11 is 0. The quantitative estimate of drug-likeness (QED) is 0.586. The lowest BCUT2D eigenvalue weighted by Crippen LogP contribution is -2.31. The van der Waals surface area contributed by atoms with Crippen molar-refractivity contribution in [3.05, 3.63) is 42.5 Å². The third-order valence-electron chi connectivity index (χ3n) is 4.69. The van der Waals surface area contributed by atoms with Crippen molar-refractivity contribution in [1.29, 1.82) is 0 Å². The molecule has 130 valence electrons. The molecule has 4 nitrogen and oxygen atoms in total. The van der Waals surface area contributed by atoms with E-state index in [1.165, 1.54) is 6.08 Å². The minimum atomic E-state index is -0.297. The van der Waals surface area contributed by atoms with Crippen molar-refractivity contribution in [1.82, 2.24) is 0 Å². The summed E-state index contributed by atoms with van der Waals surface area (Å²) in [6, 6.07) is 9.70. The molecule has 24 heavy (non-hydrogen) atoms. The number of ether oxygens (including phenoxy) is 1. The molecule has 1 aromatic rings. The van der Waals surface area contributed by atoms with Gasteiger partial charge in [0.2, 0.25) is 5.91 Å². The van der Waals surface area contributed by atoms with E-state index in [1.807, 2.05) is 43.5 Å². The summed E-state index contributed by atoms with van der Waals surface area (Å²) in [5.74, 6) is 0.400. The van der Waals surface area contributed by atoms with E-state index in [-0.39, 0.29) is 17.8 Å². The molecule has 2 atom stereocenters. The van der Waals surface area contributed by atoms with Crippen molar-refractivity contribution in [2.75, 3.05) is 18.6 Å². The zero-order valence-electron chi connectivity index (χ0n) is 14.6. The Bertz CT molecular complexity index is 568. The molecule has 1 aliphatic carbocycles. The fourth-order valence-corrected chi connectivity index (χ4v) is 3.29. The first-order valence-corrected chi connectivity index (χ1v) is 8.78. The van der Waals surface area contributed by atoms with Gasteiger partial charge < -0.3 is 9.64 Å². The van der Waals surface area contributed by atoms with Crippen LogP contribution in [0.3, 0.4) is 0 Å². The summed E-state index contributed by atoms with van der Waals surface area (Å²) in [6.45, 7) is 2.19. The number of anilines is 1. The Hall–Kier alpha value is -2.10. The van der Waals surface area contributed by atoms with Crippen LogP contribution in [-0.4, -0.2) is 25.5 Å². The van der Waals surface area contributed by atoms with Crippen molar-refractivity contribution in [3.63, 3.8) is 0 Å². The van der Waals surface area contributed by atoms with Gasteiger partial charge in [0, 0.05) is 25.2 Å². The molecule has 2 rings (SSSR count). The molecule has 4 heteroatoms. The van der Waals surface area contributed by atoms with Gasteiger partial charge in [-0.05, 0) is 43.7 Å². The van der Waals surface area contributed by atoms with E-state index in [0.29, 0.717) is 18.9 Å². The van der Waals surface area contributed by atoms with E-state index >= 15 is 0 Å². The van der Waals surface area contributed by atoms with Crippen LogP contribution in [-0.2, 0) is 14.3 Å². The van der Waals surface area contributed by atoms with Gasteiger partial charge in [-0.3, -0.25) is 4.79 Å². The molecule has 0 unspecified atom stereocenters. The second-order valence-corrected chi connectivity index (χ2v) is 6.31. The number of hydrogen-bond acceptors (Lipinski definition) is 3. The van der Waals surface area contributed by atoms with E-state index in [4.69, 9.17) is 4.74 Å². The summed E-state index contributed by atoms with van der Waals surface area (Å²) in [6.07, 6.45) is 8.35. The monoisotopic (exact) mass is 329 g/mol. The van der Waals surface area contributed by atoms with Gasteiger partial charge in [0.05, 0.1) is 6.61 Å². The molecule has 0 bridgehead atoms. The molecule has 0 heterocycles. The summed E-state index contributed by atoms with van der Waals surface area (Å²) < 4.78 is 4.94. The van der Waals surface area contributed by atoms with Gasteiger partial charge >= 0.3 is 5.97 Å². The zero-order valence-corrected chi connectivity index (χ0v) is 14.6. The number of rotatable bonds is 6. The lowest BCUT2D eigenvalue weighted by atomic mass is 9.77. The highest BCUT2D eigenvalue weighted by Crippen LogP contribution is 2.34. The Morgan fingerprint density at radius 3 is 2.62 bits per heavy atom. The number of hydrogen-bond donors (Lipinski definition) is 0. The number of allylic oxidation sites excluding steroid dienone is 1. The highest BCUT2D eigenvalue weighted by atomic mass is 16.5. The molecule has 1 amide bonds. The standard InChI is InChI=1S/C20H27NO3/c1-3-24-20(23)14-13-16-9-7-8-10-17(16)15-19(22)21(2)18-11-5-4-6-12-18/h4-6,11-14,16-17H,3,7-10,15H2,1-2H3/b14-13+/t16-,17+/m0/s1. The number of nitrogens with zero attached hydrogens (tertiary/aromatic N) is 1. The first-order chi connectivity index (χ1) is 11.6. The van der Waals surface area contributed by atoms with Crippen LogP contribution in [0.5, 0.6) is 0 Å². The average Bonchev–Trinajstić information content (AvgIpc) is 2.61. The molecular weight excluding hydrogens is 302 g/mol. The zero-order chi connectivity index (χ0) is 17.4. The van der Waals surface area contributed by atoms with Crippen LogP contribution < -0.4 is 4.90 Å². The Morgan fingerprint density at radius 2 is 1.92 bits per heavy atom. The smallest absolute Gasteiger partial charge is 0.330 e. The van der Waals surface area contributed by atoms with Gasteiger partial charge in [-0.2, -0.15) is 0 Å². The van der Waals surface area contributed by atoms with Gasteiger partial charge in [0.25, 0.3) is 0 Å². The number of esters is 1. The van der Waals surface area contributed by atoms with Crippen LogP contribution in [0, 0.1) is 11.8 Å². The normalized spacial score (nSPS) is 20.8. The van der Waals surface area contributed by atoms with Crippen LogP contribution in [0.2, 0.25) is 0 Å². The van der Waals surface area contributed by atoms with E-state index in [9.17, 15) is 9.59 Å².